The molecule has 0 aliphatic carbocycles. The van der Waals surface area contributed by atoms with Crippen LogP contribution in [0, 0.1) is 0 Å². The largest absolute Gasteiger partial charge is 0.432 e. The molecule has 0 unspecified atom stereocenters. The summed E-state index contributed by atoms with van der Waals surface area (Å²) in [7, 11) is 0. The standard InChI is InChI=1S/C8H5F3N4O/c9-8(10,11)5-3-7(16)15(14-5)6-1-2-12-4-13-6/h1-4,14H. The van der Waals surface area contributed by atoms with Crippen LogP contribution in [0.25, 0.3) is 5.82 Å². The second-order valence-electron chi connectivity index (χ2n) is 2.91. The van der Waals surface area contributed by atoms with Crippen LogP contribution in [-0.2, 0) is 6.18 Å². The molecule has 0 saturated carbocycles. The van der Waals surface area contributed by atoms with E-state index in [9.17, 15) is 18.0 Å². The third kappa shape index (κ3) is 1.81. The molecule has 0 aromatic carbocycles. The van der Waals surface area contributed by atoms with Crippen molar-refractivity contribution in [2.45, 2.75) is 6.18 Å². The van der Waals surface area contributed by atoms with Gasteiger partial charge in [-0.05, 0) is 0 Å². The van der Waals surface area contributed by atoms with Crippen LogP contribution in [0.4, 0.5) is 13.2 Å². The van der Waals surface area contributed by atoms with Crippen LogP contribution >= 0.6 is 0 Å². The number of hydrogen-bond donors (Lipinski definition) is 1. The van der Waals surface area contributed by atoms with Crippen LogP contribution in [0.2, 0.25) is 0 Å². The van der Waals surface area contributed by atoms with Crippen LogP contribution in [0.3, 0.4) is 0 Å². The van der Waals surface area contributed by atoms with Crippen molar-refractivity contribution >= 4 is 0 Å². The molecular weight excluding hydrogens is 225 g/mol. The Labute approximate surface area is 86.6 Å². The van der Waals surface area contributed by atoms with Gasteiger partial charge in [0.2, 0.25) is 0 Å². The second kappa shape index (κ2) is 3.47. The highest BCUT2D eigenvalue weighted by Crippen LogP contribution is 2.26. The molecule has 2 aromatic rings. The summed E-state index contributed by atoms with van der Waals surface area (Å²) in [4.78, 5) is 18.5. The summed E-state index contributed by atoms with van der Waals surface area (Å²) in [6, 6.07) is 1.79. The van der Waals surface area contributed by atoms with Crippen LogP contribution in [0.5, 0.6) is 0 Å². The van der Waals surface area contributed by atoms with Gasteiger partial charge in [-0.25, -0.2) is 14.6 Å². The van der Waals surface area contributed by atoms with Gasteiger partial charge in [-0.3, -0.25) is 9.89 Å². The Bertz CT molecular complexity index is 542. The van der Waals surface area contributed by atoms with Crippen LogP contribution in [-0.4, -0.2) is 19.7 Å². The van der Waals surface area contributed by atoms with Crippen molar-refractivity contribution < 1.29 is 13.2 Å². The molecule has 0 bridgehead atoms. The van der Waals surface area contributed by atoms with Crippen molar-refractivity contribution in [2.75, 3.05) is 0 Å². The monoisotopic (exact) mass is 230 g/mol. The molecule has 0 aliphatic rings. The maximum Gasteiger partial charge on any atom is 0.432 e. The number of hydrogen-bond acceptors (Lipinski definition) is 3. The van der Waals surface area contributed by atoms with Gasteiger partial charge in [-0.1, -0.05) is 0 Å². The van der Waals surface area contributed by atoms with Gasteiger partial charge in [-0.2, -0.15) is 13.2 Å². The van der Waals surface area contributed by atoms with Gasteiger partial charge in [0, 0.05) is 18.3 Å². The predicted octanol–water partition coefficient (Wildman–Crippen LogP) is 0.974. The first-order valence-corrected chi connectivity index (χ1v) is 4.14. The van der Waals surface area contributed by atoms with E-state index < -0.39 is 17.4 Å². The highest BCUT2D eigenvalue weighted by atomic mass is 19.4. The SMILES string of the molecule is O=c1cc(C(F)(F)F)[nH]n1-c1ccncn1. The molecule has 0 radical (unpaired) electrons. The average molecular weight is 230 g/mol. The first-order valence-electron chi connectivity index (χ1n) is 4.14. The van der Waals surface area contributed by atoms with Crippen molar-refractivity contribution in [3.8, 4) is 5.82 Å². The van der Waals surface area contributed by atoms with Crippen molar-refractivity contribution in [1.82, 2.24) is 19.7 Å². The first-order chi connectivity index (χ1) is 7.48. The smallest absolute Gasteiger partial charge is 0.285 e. The summed E-state index contributed by atoms with van der Waals surface area (Å²) in [5.74, 6) is 0.0514. The molecule has 0 fully saturated rings. The Morgan fingerprint density at radius 3 is 2.62 bits per heavy atom. The van der Waals surface area contributed by atoms with Crippen molar-refractivity contribution in [1.29, 1.82) is 0 Å². The Balaban J connectivity index is 2.53. The van der Waals surface area contributed by atoms with Gasteiger partial charge in [0.25, 0.3) is 5.56 Å². The lowest BCUT2D eigenvalue weighted by Gasteiger charge is -2.02. The number of alkyl halides is 3. The van der Waals surface area contributed by atoms with E-state index in [2.05, 4.69) is 9.97 Å². The highest BCUT2D eigenvalue weighted by Gasteiger charge is 2.33. The highest BCUT2D eigenvalue weighted by molar-refractivity contribution is 5.19. The fraction of sp³-hybridized carbons (Fsp3) is 0.125. The summed E-state index contributed by atoms with van der Waals surface area (Å²) < 4.78 is 37.5. The van der Waals surface area contributed by atoms with Gasteiger partial charge >= 0.3 is 6.18 Å². The Hall–Kier alpha value is -2.12. The molecule has 16 heavy (non-hydrogen) atoms. The third-order valence-corrected chi connectivity index (χ3v) is 1.82. The quantitative estimate of drug-likeness (QED) is 0.794. The van der Waals surface area contributed by atoms with E-state index in [4.69, 9.17) is 0 Å². The number of H-pyrrole nitrogens is 1. The summed E-state index contributed by atoms with van der Waals surface area (Å²) in [6.07, 6.45) is -2.13. The zero-order chi connectivity index (χ0) is 11.8. The minimum Gasteiger partial charge on any atom is -0.285 e. The topological polar surface area (TPSA) is 63.6 Å². The van der Waals surface area contributed by atoms with E-state index in [1.54, 1.807) is 0 Å². The van der Waals surface area contributed by atoms with Gasteiger partial charge < -0.3 is 0 Å². The molecule has 2 heterocycles. The lowest BCUT2D eigenvalue weighted by Crippen LogP contribution is -2.14. The Morgan fingerprint density at radius 1 is 1.38 bits per heavy atom. The number of nitrogens with zero attached hydrogens (tertiary/aromatic N) is 3. The normalized spacial score (nSPS) is 11.7. The predicted molar refractivity (Wildman–Crippen MR) is 47.0 cm³/mol. The molecule has 0 amide bonds. The third-order valence-electron chi connectivity index (χ3n) is 1.82. The lowest BCUT2D eigenvalue weighted by atomic mass is 10.4. The number of aromatic nitrogens is 4. The maximum atomic E-state index is 12.3. The van der Waals surface area contributed by atoms with E-state index >= 15 is 0 Å². The molecule has 0 aliphatic heterocycles. The Kier molecular flexibility index (Phi) is 2.26. The summed E-state index contributed by atoms with van der Waals surface area (Å²) in [6.45, 7) is 0. The number of rotatable bonds is 1. The molecule has 0 saturated heterocycles. The molecule has 0 spiro atoms. The van der Waals surface area contributed by atoms with E-state index in [0.29, 0.717) is 10.7 Å². The second-order valence-corrected chi connectivity index (χ2v) is 2.91. The fourth-order valence-corrected chi connectivity index (χ4v) is 1.13. The van der Waals surface area contributed by atoms with Crippen molar-refractivity contribution in [3.63, 3.8) is 0 Å². The van der Waals surface area contributed by atoms with Crippen molar-refractivity contribution in [3.05, 3.63) is 40.7 Å². The first kappa shape index (κ1) is 10.4. The number of aromatic amines is 1. The molecule has 84 valence electrons. The minimum absolute atomic E-state index is 0.0514. The van der Waals surface area contributed by atoms with Crippen molar-refractivity contribution in [2.24, 2.45) is 0 Å². The molecular formula is C8H5F3N4O. The van der Waals surface area contributed by atoms with Crippen LogP contribution < -0.4 is 5.56 Å². The Morgan fingerprint density at radius 2 is 2.12 bits per heavy atom. The van der Waals surface area contributed by atoms with E-state index in [0.717, 1.165) is 6.33 Å². The summed E-state index contributed by atoms with van der Waals surface area (Å²) in [5, 5.41) is 1.93. The van der Waals surface area contributed by atoms with E-state index in [1.807, 2.05) is 5.10 Å². The molecule has 0 atom stereocenters. The zero-order valence-corrected chi connectivity index (χ0v) is 7.69. The van der Waals surface area contributed by atoms with Gasteiger partial charge in [-0.15, -0.1) is 0 Å². The van der Waals surface area contributed by atoms with Gasteiger partial charge in [0.15, 0.2) is 5.82 Å². The van der Waals surface area contributed by atoms with Crippen LogP contribution in [0.1, 0.15) is 5.69 Å². The number of halogens is 3. The summed E-state index contributed by atoms with van der Waals surface area (Å²) >= 11 is 0. The lowest BCUT2D eigenvalue weighted by molar-refractivity contribution is -0.141. The molecule has 2 rings (SSSR count). The van der Waals surface area contributed by atoms with Gasteiger partial charge in [0.05, 0.1) is 0 Å². The van der Waals surface area contributed by atoms with Gasteiger partial charge in [0.1, 0.15) is 12.0 Å². The summed E-state index contributed by atoms with van der Waals surface area (Å²) in [5.41, 5.74) is -1.94. The molecule has 5 nitrogen and oxygen atoms in total. The average Bonchev–Trinajstić information content (AvgIpc) is 2.61. The minimum atomic E-state index is -4.59. The molecule has 8 heteroatoms. The molecule has 2 aromatic heterocycles. The maximum absolute atomic E-state index is 12.3. The van der Waals surface area contributed by atoms with E-state index in [1.165, 1.54) is 12.3 Å². The van der Waals surface area contributed by atoms with Crippen LogP contribution in [0.15, 0.2) is 29.5 Å². The van der Waals surface area contributed by atoms with E-state index in [-0.39, 0.29) is 5.82 Å². The number of nitrogens with one attached hydrogen (secondary N) is 1. The molecule has 1 N–H and O–H groups in total. The fourth-order valence-electron chi connectivity index (χ4n) is 1.13. The zero-order valence-electron chi connectivity index (χ0n) is 7.69.